The first-order chi connectivity index (χ1) is 9.16. The van der Waals surface area contributed by atoms with E-state index in [0.29, 0.717) is 17.9 Å². The van der Waals surface area contributed by atoms with Gasteiger partial charge >= 0.3 is 0 Å². The number of aromatic nitrogens is 2. The molecular formula is C14H19N3O2. The summed E-state index contributed by atoms with van der Waals surface area (Å²) in [4.78, 5) is 30.4. The molecule has 0 spiro atoms. The molecule has 1 amide bonds. The van der Waals surface area contributed by atoms with Crippen LogP contribution in [0.15, 0.2) is 12.5 Å². The highest BCUT2D eigenvalue weighted by atomic mass is 16.2. The maximum Gasteiger partial charge on any atom is 0.274 e. The molecule has 1 aromatic rings. The highest BCUT2D eigenvalue weighted by molar-refractivity contribution is 5.93. The smallest absolute Gasteiger partial charge is 0.274 e. The Morgan fingerprint density at radius 2 is 2.21 bits per heavy atom. The van der Waals surface area contributed by atoms with Crippen molar-refractivity contribution in [3.8, 4) is 0 Å². The van der Waals surface area contributed by atoms with Gasteiger partial charge in [-0.1, -0.05) is 0 Å². The van der Waals surface area contributed by atoms with Crippen LogP contribution in [0, 0.1) is 5.92 Å². The largest absolute Gasteiger partial charge is 0.340 e. The Kier molecular flexibility index (Phi) is 3.12. The lowest BCUT2D eigenvalue weighted by molar-refractivity contribution is -0.121. The minimum atomic E-state index is -0.0252. The predicted molar refractivity (Wildman–Crippen MR) is 69.6 cm³/mol. The number of Topliss-reactive ketones (excluding diaryl/α,β-unsaturated/α-hetero) is 1. The Bertz CT molecular complexity index is 509. The fourth-order valence-electron chi connectivity index (χ4n) is 3.38. The van der Waals surface area contributed by atoms with Gasteiger partial charge in [-0.3, -0.25) is 9.59 Å². The van der Waals surface area contributed by atoms with E-state index in [1.54, 1.807) is 17.1 Å². The second-order valence-electron chi connectivity index (χ2n) is 5.60. The summed E-state index contributed by atoms with van der Waals surface area (Å²) in [7, 11) is 1.85. The van der Waals surface area contributed by atoms with Crippen molar-refractivity contribution >= 4 is 11.7 Å². The molecule has 2 heterocycles. The number of imidazole rings is 1. The number of hydrogen-bond donors (Lipinski definition) is 0. The normalized spacial score (nSPS) is 27.2. The van der Waals surface area contributed by atoms with Gasteiger partial charge in [-0.05, 0) is 25.7 Å². The fraction of sp³-hybridized carbons (Fsp3) is 0.643. The van der Waals surface area contributed by atoms with E-state index in [-0.39, 0.29) is 17.9 Å². The Labute approximate surface area is 112 Å². The van der Waals surface area contributed by atoms with Gasteiger partial charge in [0.2, 0.25) is 0 Å². The zero-order valence-electron chi connectivity index (χ0n) is 11.2. The lowest BCUT2D eigenvalue weighted by Crippen LogP contribution is -2.41. The molecule has 2 fully saturated rings. The maximum atomic E-state index is 12.5. The molecule has 1 saturated carbocycles. The standard InChI is InChI=1S/C14H19N3O2/c1-16-8-11(15-9-16)14(19)17-7-3-5-12(17)10-4-2-6-13(10)18/h8-10,12H,2-7H2,1H3. The number of carbonyl (C=O) groups is 2. The number of amides is 1. The topological polar surface area (TPSA) is 55.2 Å². The highest BCUT2D eigenvalue weighted by Crippen LogP contribution is 2.33. The van der Waals surface area contributed by atoms with Gasteiger partial charge in [-0.15, -0.1) is 0 Å². The van der Waals surface area contributed by atoms with E-state index in [0.717, 1.165) is 32.2 Å². The molecule has 0 N–H and O–H groups in total. The fourth-order valence-corrected chi connectivity index (χ4v) is 3.38. The quantitative estimate of drug-likeness (QED) is 0.808. The van der Waals surface area contributed by atoms with Gasteiger partial charge in [-0.25, -0.2) is 4.98 Å². The third kappa shape index (κ3) is 2.17. The molecule has 2 aliphatic rings. The van der Waals surface area contributed by atoms with Crippen LogP contribution in [0.3, 0.4) is 0 Å². The lowest BCUT2D eigenvalue weighted by atomic mass is 9.95. The zero-order chi connectivity index (χ0) is 13.4. The summed E-state index contributed by atoms with van der Waals surface area (Å²) in [5, 5.41) is 0. The second-order valence-corrected chi connectivity index (χ2v) is 5.60. The third-order valence-electron chi connectivity index (χ3n) is 4.30. The van der Waals surface area contributed by atoms with E-state index < -0.39 is 0 Å². The summed E-state index contributed by atoms with van der Waals surface area (Å²) >= 11 is 0. The molecule has 2 unspecified atom stereocenters. The number of ketones is 1. The highest BCUT2D eigenvalue weighted by Gasteiger charge is 2.40. The molecule has 2 atom stereocenters. The number of likely N-dealkylation sites (tertiary alicyclic amines) is 1. The van der Waals surface area contributed by atoms with Gasteiger partial charge in [0.05, 0.1) is 6.33 Å². The van der Waals surface area contributed by atoms with Crippen molar-refractivity contribution in [1.82, 2.24) is 14.5 Å². The monoisotopic (exact) mass is 261 g/mol. The van der Waals surface area contributed by atoms with Crippen LogP contribution in [0.2, 0.25) is 0 Å². The zero-order valence-corrected chi connectivity index (χ0v) is 11.2. The van der Waals surface area contributed by atoms with Gasteiger partial charge in [0.25, 0.3) is 5.91 Å². The first-order valence-corrected chi connectivity index (χ1v) is 6.98. The van der Waals surface area contributed by atoms with Crippen molar-refractivity contribution in [2.45, 2.75) is 38.1 Å². The van der Waals surface area contributed by atoms with Crippen molar-refractivity contribution in [2.24, 2.45) is 13.0 Å². The van der Waals surface area contributed by atoms with Crippen molar-refractivity contribution in [3.63, 3.8) is 0 Å². The van der Waals surface area contributed by atoms with Gasteiger partial charge < -0.3 is 9.47 Å². The van der Waals surface area contributed by atoms with Crippen LogP contribution in [0.4, 0.5) is 0 Å². The summed E-state index contributed by atoms with van der Waals surface area (Å²) in [5.74, 6) is 0.378. The van der Waals surface area contributed by atoms with Crippen molar-refractivity contribution in [3.05, 3.63) is 18.2 Å². The first-order valence-electron chi connectivity index (χ1n) is 6.98. The van der Waals surface area contributed by atoms with Crippen molar-refractivity contribution in [1.29, 1.82) is 0 Å². The van der Waals surface area contributed by atoms with Gasteiger partial charge in [0, 0.05) is 38.2 Å². The SMILES string of the molecule is Cn1cnc(C(=O)N2CCCC2C2CCCC2=O)c1. The van der Waals surface area contributed by atoms with Crippen LogP contribution in [0.1, 0.15) is 42.6 Å². The van der Waals surface area contributed by atoms with E-state index in [1.807, 2.05) is 11.9 Å². The molecule has 1 saturated heterocycles. The minimum absolute atomic E-state index is 0.0252. The first kappa shape index (κ1) is 12.4. The molecule has 0 radical (unpaired) electrons. The predicted octanol–water partition coefficient (Wildman–Crippen LogP) is 1.39. The molecule has 5 nitrogen and oxygen atoms in total. The summed E-state index contributed by atoms with van der Waals surface area (Å²) in [6.07, 6.45) is 7.93. The molecule has 5 heteroatoms. The molecule has 3 rings (SSSR count). The van der Waals surface area contributed by atoms with Crippen LogP contribution >= 0.6 is 0 Å². The second kappa shape index (κ2) is 4.79. The molecular weight excluding hydrogens is 242 g/mol. The molecule has 0 bridgehead atoms. The summed E-state index contributed by atoms with van der Waals surface area (Å²) in [5.41, 5.74) is 0.486. The van der Waals surface area contributed by atoms with E-state index in [2.05, 4.69) is 4.98 Å². The van der Waals surface area contributed by atoms with Gasteiger partial charge in [0.15, 0.2) is 0 Å². The number of hydrogen-bond acceptors (Lipinski definition) is 3. The van der Waals surface area contributed by atoms with Crippen molar-refractivity contribution < 1.29 is 9.59 Å². The van der Waals surface area contributed by atoms with Crippen LogP contribution in [-0.2, 0) is 11.8 Å². The van der Waals surface area contributed by atoms with E-state index in [4.69, 9.17) is 0 Å². The summed E-state index contributed by atoms with van der Waals surface area (Å²) in [6.45, 7) is 0.754. The Balaban J connectivity index is 1.79. The Morgan fingerprint density at radius 3 is 2.84 bits per heavy atom. The molecule has 1 aliphatic carbocycles. The van der Waals surface area contributed by atoms with Crippen LogP contribution in [-0.4, -0.2) is 38.7 Å². The number of carbonyl (C=O) groups excluding carboxylic acids is 2. The third-order valence-corrected chi connectivity index (χ3v) is 4.30. The van der Waals surface area contributed by atoms with Crippen LogP contribution < -0.4 is 0 Å². The number of nitrogens with zero attached hydrogens (tertiary/aromatic N) is 3. The molecule has 19 heavy (non-hydrogen) atoms. The maximum absolute atomic E-state index is 12.5. The molecule has 102 valence electrons. The summed E-state index contributed by atoms with van der Waals surface area (Å²) < 4.78 is 1.78. The number of rotatable bonds is 2. The van der Waals surface area contributed by atoms with E-state index >= 15 is 0 Å². The van der Waals surface area contributed by atoms with E-state index in [9.17, 15) is 9.59 Å². The van der Waals surface area contributed by atoms with Gasteiger partial charge in [0.1, 0.15) is 11.5 Å². The van der Waals surface area contributed by atoms with Crippen molar-refractivity contribution in [2.75, 3.05) is 6.54 Å². The van der Waals surface area contributed by atoms with Gasteiger partial charge in [-0.2, -0.15) is 0 Å². The summed E-state index contributed by atoms with van der Waals surface area (Å²) in [6, 6.07) is 0.101. The number of aryl methyl sites for hydroxylation is 1. The Morgan fingerprint density at radius 1 is 1.37 bits per heavy atom. The molecule has 1 aliphatic heterocycles. The molecule has 1 aromatic heterocycles. The average molecular weight is 261 g/mol. The van der Waals surface area contributed by atoms with E-state index in [1.165, 1.54) is 0 Å². The van der Waals surface area contributed by atoms with Crippen LogP contribution in [0.5, 0.6) is 0 Å². The molecule has 0 aromatic carbocycles. The lowest BCUT2D eigenvalue weighted by Gasteiger charge is -2.28. The Hall–Kier alpha value is -1.65. The minimum Gasteiger partial charge on any atom is -0.340 e. The van der Waals surface area contributed by atoms with Crippen LogP contribution in [0.25, 0.3) is 0 Å². The average Bonchev–Trinajstić information content (AvgIpc) is 3.07.